The summed E-state index contributed by atoms with van der Waals surface area (Å²) in [5.74, 6) is 0.580. The molecule has 0 aliphatic heterocycles. The second-order valence-corrected chi connectivity index (χ2v) is 3.91. The van der Waals surface area contributed by atoms with Gasteiger partial charge in [0.2, 0.25) is 0 Å². The largest absolute Gasteiger partial charge is 0.453 e. The number of hydrogen-bond acceptors (Lipinski definition) is 1. The van der Waals surface area contributed by atoms with Crippen LogP contribution in [0.25, 0.3) is 11.3 Å². The van der Waals surface area contributed by atoms with Crippen molar-refractivity contribution in [2.45, 2.75) is 0 Å². The minimum atomic E-state index is 0.464. The van der Waals surface area contributed by atoms with E-state index in [-0.39, 0.29) is 0 Å². The second-order valence-electron chi connectivity index (χ2n) is 2.66. The Hall–Kier alpha value is -0.630. The van der Waals surface area contributed by atoms with Crippen molar-refractivity contribution in [3.05, 3.63) is 45.6 Å². The summed E-state index contributed by atoms with van der Waals surface area (Å²) in [6.45, 7) is 0. The fourth-order valence-electron chi connectivity index (χ4n) is 1.15. The molecule has 1 radical (unpaired) electrons. The van der Waals surface area contributed by atoms with Gasteiger partial charge in [0.05, 0.1) is 15.6 Å². The molecule has 0 aliphatic carbocycles. The van der Waals surface area contributed by atoms with Crippen molar-refractivity contribution in [2.24, 2.45) is 0 Å². The molecule has 0 saturated carbocycles. The van der Waals surface area contributed by atoms with Gasteiger partial charge in [0.1, 0.15) is 5.76 Å². The number of hydrogen-bond donors (Lipinski definition) is 0. The van der Waals surface area contributed by atoms with E-state index in [4.69, 9.17) is 39.2 Å². The van der Waals surface area contributed by atoms with E-state index in [2.05, 4.69) is 6.26 Å². The fraction of sp³-hybridized carbons (Fsp3) is 0. The molecule has 0 atom stereocenters. The summed E-state index contributed by atoms with van der Waals surface area (Å²) in [4.78, 5) is 0. The molecule has 0 bridgehead atoms. The maximum Gasteiger partial charge on any atom is 0.170 e. The van der Waals surface area contributed by atoms with Crippen LogP contribution in [0, 0.1) is 6.26 Å². The Labute approximate surface area is 96.2 Å². The monoisotopic (exact) mass is 245 g/mol. The van der Waals surface area contributed by atoms with Gasteiger partial charge in [0, 0.05) is 5.02 Å². The van der Waals surface area contributed by atoms with Gasteiger partial charge in [-0.25, -0.2) is 0 Å². The molecule has 4 heteroatoms. The molecule has 71 valence electrons. The molecular formula is C10H4Cl3O. The predicted molar refractivity (Wildman–Crippen MR) is 58.0 cm³/mol. The second kappa shape index (κ2) is 3.85. The molecule has 2 rings (SSSR count). The van der Waals surface area contributed by atoms with E-state index in [0.717, 1.165) is 0 Å². The van der Waals surface area contributed by atoms with Crippen molar-refractivity contribution in [3.8, 4) is 11.3 Å². The summed E-state index contributed by atoms with van der Waals surface area (Å²) < 4.78 is 5.08. The average Bonchev–Trinajstić information content (AvgIpc) is 2.54. The van der Waals surface area contributed by atoms with Gasteiger partial charge in [-0.2, -0.15) is 0 Å². The third-order valence-electron chi connectivity index (χ3n) is 1.72. The van der Waals surface area contributed by atoms with Gasteiger partial charge >= 0.3 is 0 Å². The van der Waals surface area contributed by atoms with Gasteiger partial charge in [-0.15, -0.1) is 0 Å². The van der Waals surface area contributed by atoms with E-state index >= 15 is 0 Å². The van der Waals surface area contributed by atoms with Crippen molar-refractivity contribution < 1.29 is 4.42 Å². The summed E-state index contributed by atoms with van der Waals surface area (Å²) in [5, 5.41) is 1.43. The van der Waals surface area contributed by atoms with Gasteiger partial charge in [-0.05, 0) is 24.3 Å². The smallest absolute Gasteiger partial charge is 0.170 e. The third kappa shape index (κ3) is 1.76. The lowest BCUT2D eigenvalue weighted by Crippen LogP contribution is -1.79. The molecule has 0 unspecified atom stereocenters. The van der Waals surface area contributed by atoms with Crippen LogP contribution in [0.2, 0.25) is 15.1 Å². The van der Waals surface area contributed by atoms with Crippen LogP contribution in [0.5, 0.6) is 0 Å². The predicted octanol–water partition coefficient (Wildman–Crippen LogP) is 4.71. The first-order valence-electron chi connectivity index (χ1n) is 3.79. The molecule has 0 aliphatic rings. The summed E-state index contributed by atoms with van der Waals surface area (Å²) >= 11 is 17.7. The van der Waals surface area contributed by atoms with Gasteiger partial charge in [-0.1, -0.05) is 34.8 Å². The van der Waals surface area contributed by atoms with Crippen LogP contribution < -0.4 is 0 Å². The van der Waals surface area contributed by atoms with Crippen LogP contribution in [0.3, 0.4) is 0 Å². The van der Waals surface area contributed by atoms with Gasteiger partial charge < -0.3 is 4.42 Å². The molecule has 0 N–H and O–H groups in total. The molecule has 1 nitrogen and oxygen atoms in total. The lowest BCUT2D eigenvalue weighted by Gasteiger charge is -2.03. The molecule has 14 heavy (non-hydrogen) atoms. The van der Waals surface area contributed by atoms with E-state index in [1.54, 1.807) is 24.3 Å². The number of furan rings is 1. The van der Waals surface area contributed by atoms with Crippen LogP contribution in [0.15, 0.2) is 28.7 Å². The Morgan fingerprint density at radius 3 is 2.21 bits per heavy atom. The highest BCUT2D eigenvalue weighted by Gasteiger charge is 2.12. The van der Waals surface area contributed by atoms with Crippen LogP contribution in [-0.4, -0.2) is 0 Å². The van der Waals surface area contributed by atoms with Gasteiger partial charge in [0.25, 0.3) is 0 Å². The molecular weight excluding hydrogens is 242 g/mol. The number of benzene rings is 1. The Kier molecular flexibility index (Phi) is 2.73. The zero-order chi connectivity index (χ0) is 10.1. The molecule has 1 aromatic carbocycles. The Morgan fingerprint density at radius 2 is 1.71 bits per heavy atom. The lowest BCUT2D eigenvalue weighted by atomic mass is 10.2. The summed E-state index contributed by atoms with van der Waals surface area (Å²) in [6.07, 6.45) is 2.57. The first-order chi connectivity index (χ1) is 6.68. The molecule has 0 amide bonds. The topological polar surface area (TPSA) is 13.1 Å². The van der Waals surface area contributed by atoms with Crippen LogP contribution in [0.1, 0.15) is 0 Å². The molecule has 0 saturated heterocycles. The maximum absolute atomic E-state index is 5.98. The zero-order valence-corrected chi connectivity index (χ0v) is 9.12. The Morgan fingerprint density at radius 1 is 1.07 bits per heavy atom. The van der Waals surface area contributed by atoms with Crippen molar-refractivity contribution in [1.29, 1.82) is 0 Å². The summed E-state index contributed by atoms with van der Waals surface area (Å²) in [7, 11) is 0. The van der Waals surface area contributed by atoms with Crippen LogP contribution in [0.4, 0.5) is 0 Å². The third-order valence-corrected chi connectivity index (χ3v) is 2.54. The first kappa shape index (κ1) is 9.91. The molecule has 1 heterocycles. The van der Waals surface area contributed by atoms with E-state index in [9.17, 15) is 0 Å². The van der Waals surface area contributed by atoms with Crippen molar-refractivity contribution in [1.82, 2.24) is 0 Å². The lowest BCUT2D eigenvalue weighted by molar-refractivity contribution is 0.573. The quantitative estimate of drug-likeness (QED) is 0.710. The minimum Gasteiger partial charge on any atom is -0.453 e. The summed E-state index contributed by atoms with van der Waals surface area (Å²) in [6, 6.07) is 6.62. The van der Waals surface area contributed by atoms with Gasteiger partial charge in [0.15, 0.2) is 6.26 Å². The van der Waals surface area contributed by atoms with E-state index in [0.29, 0.717) is 26.4 Å². The summed E-state index contributed by atoms with van der Waals surface area (Å²) in [5.41, 5.74) is 0.638. The van der Waals surface area contributed by atoms with E-state index in [1.807, 2.05) is 0 Å². The Balaban J connectivity index is 2.64. The van der Waals surface area contributed by atoms with Crippen LogP contribution in [-0.2, 0) is 0 Å². The highest BCUT2D eigenvalue weighted by molar-refractivity contribution is 6.41. The maximum atomic E-state index is 5.98. The van der Waals surface area contributed by atoms with Gasteiger partial charge in [-0.3, -0.25) is 0 Å². The minimum absolute atomic E-state index is 0.464. The highest BCUT2D eigenvalue weighted by Crippen LogP contribution is 2.37. The highest BCUT2D eigenvalue weighted by atomic mass is 35.5. The molecule has 2 aromatic rings. The van der Waals surface area contributed by atoms with E-state index in [1.165, 1.54) is 0 Å². The van der Waals surface area contributed by atoms with Crippen molar-refractivity contribution >= 4 is 34.8 Å². The van der Waals surface area contributed by atoms with E-state index < -0.39 is 0 Å². The normalized spacial score (nSPS) is 10.5. The zero-order valence-electron chi connectivity index (χ0n) is 6.85. The van der Waals surface area contributed by atoms with Crippen molar-refractivity contribution in [3.63, 3.8) is 0 Å². The first-order valence-corrected chi connectivity index (χ1v) is 4.92. The molecule has 0 fully saturated rings. The number of halogens is 3. The fourth-order valence-corrected chi connectivity index (χ4v) is 2.16. The van der Waals surface area contributed by atoms with Crippen molar-refractivity contribution in [2.75, 3.05) is 0 Å². The average molecular weight is 246 g/mol. The number of rotatable bonds is 1. The standard InChI is InChI=1S/C10H4Cl3O/c11-6-4-7(12)10(8(13)5-6)9-2-1-3-14-9/h1-2,4-5H. The SMILES string of the molecule is Clc1cc(Cl)c(-c2cc[c]o2)c(Cl)c1. The Bertz CT molecular complexity index is 425. The molecule has 0 spiro atoms. The molecule has 1 aromatic heterocycles. The van der Waals surface area contributed by atoms with Crippen LogP contribution >= 0.6 is 34.8 Å².